The summed E-state index contributed by atoms with van der Waals surface area (Å²) in [5.74, 6) is -0.232. The average Bonchev–Trinajstić information content (AvgIpc) is 2.60. The summed E-state index contributed by atoms with van der Waals surface area (Å²) in [6.45, 7) is 4.84. The number of nitrogens with one attached hydrogen (secondary N) is 2. The molecule has 0 unspecified atom stereocenters. The quantitative estimate of drug-likeness (QED) is 0.711. The van der Waals surface area contributed by atoms with Gasteiger partial charge in [-0.2, -0.15) is 0 Å². The molecule has 0 heterocycles. The maximum atomic E-state index is 12.2. The number of unbranched alkanes of at least 4 members (excludes halogenated alkanes) is 1. The van der Waals surface area contributed by atoms with Crippen molar-refractivity contribution in [1.82, 2.24) is 10.0 Å². The summed E-state index contributed by atoms with van der Waals surface area (Å²) in [4.78, 5) is 12.4. The maximum absolute atomic E-state index is 12.2. The zero-order valence-corrected chi connectivity index (χ0v) is 15.4. The Labute approximate surface area is 149 Å². The summed E-state index contributed by atoms with van der Waals surface area (Å²) in [6, 6.07) is 13.9. The lowest BCUT2D eigenvalue weighted by atomic mass is 10.1. The molecule has 25 heavy (non-hydrogen) atoms. The van der Waals surface area contributed by atoms with Gasteiger partial charge in [0.1, 0.15) is 0 Å². The molecule has 0 saturated carbocycles. The number of aryl methyl sites for hydroxylation is 1. The van der Waals surface area contributed by atoms with E-state index in [2.05, 4.69) is 10.0 Å². The van der Waals surface area contributed by atoms with Crippen molar-refractivity contribution in [3.63, 3.8) is 0 Å². The van der Waals surface area contributed by atoms with E-state index in [1.165, 1.54) is 24.3 Å². The second-order valence-electron chi connectivity index (χ2n) is 5.95. The molecule has 5 nitrogen and oxygen atoms in total. The molecule has 134 valence electrons. The number of carbonyl (C=O) groups is 1. The number of hydrogen-bond acceptors (Lipinski definition) is 3. The van der Waals surface area contributed by atoms with Crippen molar-refractivity contribution in [2.75, 3.05) is 6.54 Å². The third-order valence-corrected chi connectivity index (χ3v) is 5.26. The van der Waals surface area contributed by atoms with Gasteiger partial charge in [0.25, 0.3) is 5.91 Å². The Hall–Kier alpha value is -2.18. The minimum Gasteiger partial charge on any atom is -0.348 e. The highest BCUT2D eigenvalue weighted by molar-refractivity contribution is 7.89. The fraction of sp³-hybridized carbons (Fsp3) is 0.316. The Morgan fingerprint density at radius 3 is 2.44 bits per heavy atom. The van der Waals surface area contributed by atoms with Crippen molar-refractivity contribution in [3.05, 3.63) is 65.2 Å². The number of carbonyl (C=O) groups excluding carboxylic acids is 1. The van der Waals surface area contributed by atoms with E-state index in [1.807, 2.05) is 38.1 Å². The van der Waals surface area contributed by atoms with Crippen LogP contribution in [-0.4, -0.2) is 20.9 Å². The minimum absolute atomic E-state index is 0.166. The summed E-state index contributed by atoms with van der Waals surface area (Å²) in [6.07, 6.45) is 1.71. The van der Waals surface area contributed by atoms with E-state index in [1.54, 1.807) is 0 Å². The minimum atomic E-state index is -3.52. The Bertz CT molecular complexity index is 815. The van der Waals surface area contributed by atoms with Gasteiger partial charge in [0.2, 0.25) is 10.0 Å². The molecule has 0 radical (unpaired) electrons. The average molecular weight is 360 g/mol. The van der Waals surface area contributed by atoms with Crippen molar-refractivity contribution in [2.45, 2.75) is 38.1 Å². The molecule has 6 heteroatoms. The molecule has 0 aliphatic rings. The molecule has 0 aliphatic carbocycles. The molecule has 0 bridgehead atoms. The zero-order chi connectivity index (χ0) is 18.3. The second kappa shape index (κ2) is 8.78. The number of amides is 1. The summed E-state index contributed by atoms with van der Waals surface area (Å²) in [5.41, 5.74) is 2.59. The van der Waals surface area contributed by atoms with Crippen LogP contribution in [0, 0.1) is 6.92 Å². The van der Waals surface area contributed by atoms with E-state index in [9.17, 15) is 13.2 Å². The molecule has 0 aliphatic heterocycles. The van der Waals surface area contributed by atoms with Gasteiger partial charge in [0, 0.05) is 18.7 Å². The molecule has 0 spiro atoms. The van der Waals surface area contributed by atoms with Gasteiger partial charge in [-0.15, -0.1) is 0 Å². The normalized spacial score (nSPS) is 11.3. The monoisotopic (exact) mass is 360 g/mol. The maximum Gasteiger partial charge on any atom is 0.251 e. The Morgan fingerprint density at radius 1 is 1.08 bits per heavy atom. The lowest BCUT2D eigenvalue weighted by molar-refractivity contribution is 0.0951. The molecule has 2 aromatic rings. The summed E-state index contributed by atoms with van der Waals surface area (Å²) in [7, 11) is -3.52. The molecule has 0 fully saturated rings. The topological polar surface area (TPSA) is 75.3 Å². The Balaban J connectivity index is 1.98. The van der Waals surface area contributed by atoms with Crippen LogP contribution in [0.3, 0.4) is 0 Å². The fourth-order valence-electron chi connectivity index (χ4n) is 2.36. The summed E-state index contributed by atoms with van der Waals surface area (Å²) in [5, 5.41) is 2.84. The van der Waals surface area contributed by atoms with Crippen LogP contribution in [0.4, 0.5) is 0 Å². The van der Waals surface area contributed by atoms with Crippen LogP contribution in [-0.2, 0) is 16.6 Å². The van der Waals surface area contributed by atoms with Crippen molar-refractivity contribution in [2.24, 2.45) is 0 Å². The van der Waals surface area contributed by atoms with E-state index in [-0.39, 0.29) is 10.8 Å². The van der Waals surface area contributed by atoms with E-state index in [0.717, 1.165) is 24.0 Å². The number of benzene rings is 2. The van der Waals surface area contributed by atoms with Crippen molar-refractivity contribution in [3.8, 4) is 0 Å². The van der Waals surface area contributed by atoms with Gasteiger partial charge in [0.15, 0.2) is 0 Å². The standard InChI is InChI=1S/C19H24N2O3S/c1-3-4-12-21-25(23,24)18-10-8-17(9-11-18)19(22)20-14-16-7-5-6-15(2)13-16/h5-11,13,21H,3-4,12,14H2,1-2H3,(H,20,22). The first-order chi connectivity index (χ1) is 11.9. The molecular formula is C19H24N2O3S. The summed E-state index contributed by atoms with van der Waals surface area (Å²) >= 11 is 0. The third kappa shape index (κ3) is 5.69. The second-order valence-corrected chi connectivity index (χ2v) is 7.71. The molecule has 1 amide bonds. The van der Waals surface area contributed by atoms with Crippen LogP contribution in [0.1, 0.15) is 41.3 Å². The highest BCUT2D eigenvalue weighted by Gasteiger charge is 2.14. The molecule has 2 aromatic carbocycles. The van der Waals surface area contributed by atoms with Crippen molar-refractivity contribution < 1.29 is 13.2 Å². The van der Waals surface area contributed by atoms with Crippen LogP contribution >= 0.6 is 0 Å². The highest BCUT2D eigenvalue weighted by Crippen LogP contribution is 2.11. The predicted octanol–water partition coefficient (Wildman–Crippen LogP) is 3.00. The highest BCUT2D eigenvalue weighted by atomic mass is 32.2. The Morgan fingerprint density at radius 2 is 1.80 bits per heavy atom. The number of rotatable bonds is 8. The zero-order valence-electron chi connectivity index (χ0n) is 14.6. The number of sulfonamides is 1. The lowest BCUT2D eigenvalue weighted by Crippen LogP contribution is -2.25. The first-order valence-corrected chi connectivity index (χ1v) is 9.84. The molecule has 2 N–H and O–H groups in total. The van der Waals surface area contributed by atoms with Gasteiger partial charge >= 0.3 is 0 Å². The largest absolute Gasteiger partial charge is 0.348 e. The van der Waals surface area contributed by atoms with Crippen LogP contribution < -0.4 is 10.0 Å². The SMILES string of the molecule is CCCCNS(=O)(=O)c1ccc(C(=O)NCc2cccc(C)c2)cc1. The van der Waals surface area contributed by atoms with Gasteiger partial charge in [-0.1, -0.05) is 43.2 Å². The number of hydrogen-bond donors (Lipinski definition) is 2. The van der Waals surface area contributed by atoms with E-state index >= 15 is 0 Å². The first kappa shape index (κ1) is 19.1. The molecule has 2 rings (SSSR count). The van der Waals surface area contributed by atoms with Gasteiger partial charge in [-0.25, -0.2) is 13.1 Å². The van der Waals surface area contributed by atoms with Crippen LogP contribution in [0.5, 0.6) is 0 Å². The van der Waals surface area contributed by atoms with Gasteiger partial charge < -0.3 is 5.32 Å². The van der Waals surface area contributed by atoms with E-state index in [0.29, 0.717) is 18.7 Å². The molecule has 0 aromatic heterocycles. The van der Waals surface area contributed by atoms with Gasteiger partial charge in [-0.05, 0) is 43.2 Å². The lowest BCUT2D eigenvalue weighted by Gasteiger charge is -2.08. The third-order valence-electron chi connectivity index (χ3n) is 3.78. The summed E-state index contributed by atoms with van der Waals surface area (Å²) < 4.78 is 26.8. The fourth-order valence-corrected chi connectivity index (χ4v) is 3.43. The van der Waals surface area contributed by atoms with Crippen LogP contribution in [0.2, 0.25) is 0 Å². The Kier molecular flexibility index (Phi) is 6.73. The van der Waals surface area contributed by atoms with Gasteiger partial charge in [0.05, 0.1) is 4.90 Å². The van der Waals surface area contributed by atoms with Gasteiger partial charge in [-0.3, -0.25) is 4.79 Å². The van der Waals surface area contributed by atoms with Crippen LogP contribution in [0.25, 0.3) is 0 Å². The molecule has 0 saturated heterocycles. The first-order valence-electron chi connectivity index (χ1n) is 8.36. The smallest absolute Gasteiger partial charge is 0.251 e. The molecular weight excluding hydrogens is 336 g/mol. The van der Waals surface area contributed by atoms with E-state index < -0.39 is 10.0 Å². The molecule has 0 atom stereocenters. The van der Waals surface area contributed by atoms with Crippen LogP contribution in [0.15, 0.2) is 53.4 Å². The van der Waals surface area contributed by atoms with Crippen molar-refractivity contribution in [1.29, 1.82) is 0 Å². The predicted molar refractivity (Wildman–Crippen MR) is 98.9 cm³/mol. The van der Waals surface area contributed by atoms with E-state index in [4.69, 9.17) is 0 Å². The van der Waals surface area contributed by atoms with Crippen molar-refractivity contribution >= 4 is 15.9 Å².